The molecule has 3 fully saturated rings. The highest BCUT2D eigenvalue weighted by molar-refractivity contribution is 5.82. The minimum atomic E-state index is -4.31. The Kier molecular flexibility index (Phi) is 6.52. The molecule has 1 saturated carbocycles. The molecule has 0 unspecified atom stereocenters. The van der Waals surface area contributed by atoms with Crippen LogP contribution in [0.15, 0.2) is 24.3 Å². The fraction of sp³-hybridized carbons (Fsp3) is 0.636. The number of hydrogen-bond donors (Lipinski definition) is 0. The molecule has 2 heterocycles. The molecule has 1 aliphatic carbocycles. The highest BCUT2D eigenvalue weighted by Crippen LogP contribution is 2.31. The van der Waals surface area contributed by atoms with Crippen LogP contribution in [0.1, 0.15) is 24.0 Å². The lowest BCUT2D eigenvalue weighted by Gasteiger charge is -2.38. The average Bonchev–Trinajstić information content (AvgIpc) is 3.60. The first-order chi connectivity index (χ1) is 14.8. The van der Waals surface area contributed by atoms with Gasteiger partial charge in [0.25, 0.3) is 0 Å². The van der Waals surface area contributed by atoms with Gasteiger partial charge in [-0.1, -0.05) is 12.1 Å². The van der Waals surface area contributed by atoms with Crippen LogP contribution in [0.5, 0.6) is 0 Å². The van der Waals surface area contributed by atoms with Gasteiger partial charge >= 0.3 is 6.18 Å². The highest BCUT2D eigenvalue weighted by atomic mass is 19.4. The zero-order chi connectivity index (χ0) is 22.0. The van der Waals surface area contributed by atoms with Crippen LogP contribution in [-0.4, -0.2) is 90.3 Å². The van der Waals surface area contributed by atoms with Gasteiger partial charge in [0.05, 0.1) is 12.1 Å². The number of halogens is 3. The van der Waals surface area contributed by atoms with E-state index in [-0.39, 0.29) is 17.7 Å². The second-order valence-electron chi connectivity index (χ2n) is 8.73. The second kappa shape index (κ2) is 9.16. The van der Waals surface area contributed by atoms with Crippen molar-refractivity contribution in [2.45, 2.75) is 25.6 Å². The van der Waals surface area contributed by atoms with Crippen LogP contribution in [0, 0.1) is 5.92 Å². The molecule has 31 heavy (non-hydrogen) atoms. The normalized spacial score (nSPS) is 21.4. The molecule has 0 bridgehead atoms. The lowest BCUT2D eigenvalue weighted by atomic mass is 10.1. The summed E-state index contributed by atoms with van der Waals surface area (Å²) in [5.41, 5.74) is 0.230. The van der Waals surface area contributed by atoms with E-state index in [4.69, 9.17) is 0 Å². The third-order valence-electron chi connectivity index (χ3n) is 6.38. The first-order valence-electron chi connectivity index (χ1n) is 11.0. The Morgan fingerprint density at radius 2 is 1.35 bits per heavy atom. The fourth-order valence-corrected chi connectivity index (χ4v) is 4.22. The number of hydrogen-bond acceptors (Lipinski definition) is 4. The second-order valence-corrected chi connectivity index (χ2v) is 8.73. The number of carbonyl (C=O) groups is 2. The number of benzene rings is 1. The first kappa shape index (κ1) is 22.1. The van der Waals surface area contributed by atoms with E-state index in [1.807, 2.05) is 9.80 Å². The van der Waals surface area contributed by atoms with Crippen molar-refractivity contribution in [2.75, 3.05) is 58.9 Å². The Bertz CT molecular complexity index is 779. The molecule has 2 aliphatic heterocycles. The van der Waals surface area contributed by atoms with E-state index in [0.29, 0.717) is 39.3 Å². The molecular weight excluding hydrogens is 409 g/mol. The minimum Gasteiger partial charge on any atom is -0.339 e. The molecule has 3 aliphatic rings. The number of piperazine rings is 2. The third kappa shape index (κ3) is 5.77. The van der Waals surface area contributed by atoms with E-state index in [0.717, 1.165) is 56.7 Å². The number of carbonyl (C=O) groups excluding carboxylic acids is 2. The highest BCUT2D eigenvalue weighted by Gasteiger charge is 2.35. The van der Waals surface area contributed by atoms with Gasteiger partial charge in [-0.3, -0.25) is 19.4 Å². The van der Waals surface area contributed by atoms with Crippen LogP contribution >= 0.6 is 0 Å². The van der Waals surface area contributed by atoms with Crippen LogP contribution in [0.2, 0.25) is 0 Å². The predicted molar refractivity (Wildman–Crippen MR) is 109 cm³/mol. The van der Waals surface area contributed by atoms with Crippen molar-refractivity contribution in [1.82, 2.24) is 19.6 Å². The molecule has 0 radical (unpaired) electrons. The predicted octanol–water partition coefficient (Wildman–Crippen LogP) is 1.90. The topological polar surface area (TPSA) is 47.1 Å². The number of amides is 2. The summed E-state index contributed by atoms with van der Waals surface area (Å²) in [5.74, 6) is 0.576. The van der Waals surface area contributed by atoms with Gasteiger partial charge < -0.3 is 9.80 Å². The monoisotopic (exact) mass is 438 g/mol. The van der Waals surface area contributed by atoms with Gasteiger partial charge in [-0.25, -0.2) is 0 Å². The zero-order valence-corrected chi connectivity index (χ0v) is 17.6. The number of nitrogens with zero attached hydrogens (tertiary/aromatic N) is 4. The van der Waals surface area contributed by atoms with Crippen molar-refractivity contribution in [3.63, 3.8) is 0 Å². The molecular formula is C22H29F3N4O2. The van der Waals surface area contributed by atoms with E-state index in [1.165, 1.54) is 12.1 Å². The summed E-state index contributed by atoms with van der Waals surface area (Å²) in [6, 6.07) is 5.32. The molecule has 2 amide bonds. The smallest absolute Gasteiger partial charge is 0.339 e. The summed E-state index contributed by atoms with van der Waals surface area (Å²) >= 11 is 0. The largest absolute Gasteiger partial charge is 0.416 e. The molecule has 2 saturated heterocycles. The van der Waals surface area contributed by atoms with Crippen LogP contribution in [0.3, 0.4) is 0 Å². The summed E-state index contributed by atoms with van der Waals surface area (Å²) in [4.78, 5) is 32.9. The number of alkyl halides is 3. The van der Waals surface area contributed by atoms with E-state index in [9.17, 15) is 22.8 Å². The standard InChI is InChI=1S/C22H29F3N4O2/c23-22(24,25)19-5-1-17(2-6-19)15-26-7-9-27(10-8-26)16-20(30)28-11-13-29(14-12-28)21(31)18-3-4-18/h1-2,5-6,18H,3-4,7-16H2. The Balaban J connectivity index is 1.17. The summed E-state index contributed by atoms with van der Waals surface area (Å²) in [5, 5.41) is 0. The van der Waals surface area contributed by atoms with E-state index in [2.05, 4.69) is 9.80 Å². The maximum Gasteiger partial charge on any atom is 0.416 e. The van der Waals surface area contributed by atoms with Crippen molar-refractivity contribution in [3.8, 4) is 0 Å². The first-order valence-corrected chi connectivity index (χ1v) is 11.0. The lowest BCUT2D eigenvalue weighted by Crippen LogP contribution is -2.54. The summed E-state index contributed by atoms with van der Waals surface area (Å²) < 4.78 is 38.1. The van der Waals surface area contributed by atoms with Gasteiger partial charge in [-0.05, 0) is 30.5 Å². The summed E-state index contributed by atoms with van der Waals surface area (Å²) in [7, 11) is 0. The summed E-state index contributed by atoms with van der Waals surface area (Å²) in [6.45, 7) is 6.51. The van der Waals surface area contributed by atoms with Gasteiger partial charge in [0.1, 0.15) is 0 Å². The maximum atomic E-state index is 12.7. The van der Waals surface area contributed by atoms with Crippen molar-refractivity contribution < 1.29 is 22.8 Å². The molecule has 6 nitrogen and oxygen atoms in total. The molecule has 1 aromatic rings. The van der Waals surface area contributed by atoms with Crippen molar-refractivity contribution in [3.05, 3.63) is 35.4 Å². The zero-order valence-electron chi connectivity index (χ0n) is 17.6. The molecule has 0 atom stereocenters. The maximum absolute atomic E-state index is 12.7. The van der Waals surface area contributed by atoms with Crippen LogP contribution in [0.4, 0.5) is 13.2 Å². The fourth-order valence-electron chi connectivity index (χ4n) is 4.22. The van der Waals surface area contributed by atoms with Gasteiger partial charge in [-0.2, -0.15) is 13.2 Å². The van der Waals surface area contributed by atoms with E-state index in [1.54, 1.807) is 0 Å². The molecule has 4 rings (SSSR count). The van der Waals surface area contributed by atoms with Crippen LogP contribution < -0.4 is 0 Å². The molecule has 0 spiro atoms. The Hall–Kier alpha value is -2.13. The summed E-state index contributed by atoms with van der Waals surface area (Å²) in [6.07, 6.45) is -2.30. The lowest BCUT2D eigenvalue weighted by molar-refractivity contribution is -0.141. The molecule has 170 valence electrons. The van der Waals surface area contributed by atoms with E-state index < -0.39 is 11.7 Å². The van der Waals surface area contributed by atoms with E-state index >= 15 is 0 Å². The average molecular weight is 438 g/mol. The van der Waals surface area contributed by atoms with Gasteiger partial charge in [-0.15, -0.1) is 0 Å². The Morgan fingerprint density at radius 3 is 1.90 bits per heavy atom. The molecule has 0 aromatic heterocycles. The van der Waals surface area contributed by atoms with Crippen LogP contribution in [-0.2, 0) is 22.3 Å². The molecule has 1 aromatic carbocycles. The van der Waals surface area contributed by atoms with Crippen molar-refractivity contribution in [2.24, 2.45) is 5.92 Å². The minimum absolute atomic E-state index is 0.106. The number of rotatable bonds is 5. The van der Waals surface area contributed by atoms with Gasteiger partial charge in [0.2, 0.25) is 11.8 Å². The molecule has 9 heteroatoms. The van der Waals surface area contributed by atoms with Crippen LogP contribution in [0.25, 0.3) is 0 Å². The van der Waals surface area contributed by atoms with Crippen molar-refractivity contribution in [1.29, 1.82) is 0 Å². The Labute approximate surface area is 180 Å². The molecule has 0 N–H and O–H groups in total. The van der Waals surface area contributed by atoms with Gasteiger partial charge in [0.15, 0.2) is 0 Å². The van der Waals surface area contributed by atoms with Gasteiger partial charge in [0, 0.05) is 64.8 Å². The third-order valence-corrected chi connectivity index (χ3v) is 6.38. The van der Waals surface area contributed by atoms with Crippen molar-refractivity contribution >= 4 is 11.8 Å². The Morgan fingerprint density at radius 1 is 0.806 bits per heavy atom. The SMILES string of the molecule is O=C(CN1CCN(Cc2ccc(C(F)(F)F)cc2)CC1)N1CCN(C(=O)C2CC2)CC1. The quantitative estimate of drug-likeness (QED) is 0.705.